The molecular weight excluding hydrogens is 598 g/mol. The largest absolute Gasteiger partial charge is 0.388 e. The number of nitrogens with zero attached hydrogens (tertiary/aromatic N) is 4. The van der Waals surface area contributed by atoms with Gasteiger partial charge in [0.25, 0.3) is 0 Å². The van der Waals surface area contributed by atoms with Crippen LogP contribution < -0.4 is 5.73 Å². The molecule has 14 unspecified atom stereocenters. The fraction of sp³-hybridized carbons (Fsp3) is 0.875. The molecule has 0 spiro atoms. The summed E-state index contributed by atoms with van der Waals surface area (Å²) in [5.41, 5.74) is 9.25. The normalized spacial score (nSPS) is 48.8. The minimum absolute atomic E-state index is 0.292. The predicted molar refractivity (Wildman–Crippen MR) is 189 cm³/mol. The summed E-state index contributed by atoms with van der Waals surface area (Å²) < 4.78 is 8.03. The molecule has 2 aromatic heterocycles. The number of rotatable bonds is 5. The zero-order valence-electron chi connectivity index (χ0n) is 30.8. The second-order valence-corrected chi connectivity index (χ2v) is 19.5. The number of hydrogen-bond acceptors (Lipinski definition) is 7. The number of fused-ring (bicyclic) bond motifs is 8. The Morgan fingerprint density at radius 3 is 2.29 bits per heavy atom. The van der Waals surface area contributed by atoms with Crippen molar-refractivity contribution in [2.45, 2.75) is 156 Å². The maximum Gasteiger partial charge on any atom is 0.167 e. The maximum atomic E-state index is 11.1. The molecule has 2 aromatic rings. The molecule has 6 fully saturated rings. The Hall–Kier alpha value is -1.77. The van der Waals surface area contributed by atoms with Gasteiger partial charge >= 0.3 is 0 Å². The van der Waals surface area contributed by atoms with E-state index in [1.165, 1.54) is 77.0 Å². The van der Waals surface area contributed by atoms with Crippen molar-refractivity contribution < 1.29 is 14.9 Å². The average Bonchev–Trinajstić information content (AvgIpc) is 3.70. The van der Waals surface area contributed by atoms with Gasteiger partial charge in [-0.3, -0.25) is 4.57 Å². The first kappa shape index (κ1) is 33.4. The highest BCUT2D eigenvalue weighted by atomic mass is 16.6. The summed E-state index contributed by atoms with van der Waals surface area (Å²) >= 11 is 0. The molecule has 48 heavy (non-hydrogen) atoms. The van der Waals surface area contributed by atoms with Crippen LogP contribution in [-0.4, -0.2) is 48.0 Å². The van der Waals surface area contributed by atoms with Crippen molar-refractivity contribution in [3.8, 4) is 0 Å². The van der Waals surface area contributed by atoms with E-state index in [-0.39, 0.29) is 0 Å². The molecule has 1 saturated heterocycles. The SMILES string of the molecule is CC(CCC1OC(n2cnc3c(N)ncnc32)C(O)C1O)C1CCC2(C)C1CCC1(C)C2CCC2C3(C)CCCC(C)(C)C3CCC21C. The van der Waals surface area contributed by atoms with E-state index in [9.17, 15) is 10.2 Å². The molecule has 4 N–H and O–H groups in total. The highest BCUT2D eigenvalue weighted by molar-refractivity contribution is 5.81. The summed E-state index contributed by atoms with van der Waals surface area (Å²) in [4.78, 5) is 12.7. The van der Waals surface area contributed by atoms with E-state index in [2.05, 4.69) is 63.4 Å². The molecule has 14 atom stereocenters. The van der Waals surface area contributed by atoms with E-state index in [4.69, 9.17) is 10.5 Å². The lowest BCUT2D eigenvalue weighted by Gasteiger charge is -2.73. The quantitative estimate of drug-likeness (QED) is 0.298. The van der Waals surface area contributed by atoms with Gasteiger partial charge in [0, 0.05) is 0 Å². The number of imidazole rings is 1. The number of nitrogens with two attached hydrogens (primary N) is 1. The van der Waals surface area contributed by atoms with Crippen LogP contribution in [0.5, 0.6) is 0 Å². The Bertz CT molecular complexity index is 1540. The number of nitrogen functional groups attached to an aromatic ring is 1. The molecule has 8 nitrogen and oxygen atoms in total. The van der Waals surface area contributed by atoms with Gasteiger partial charge in [-0.05, 0) is 140 Å². The van der Waals surface area contributed by atoms with Gasteiger partial charge in [0.2, 0.25) is 0 Å². The third-order valence-corrected chi connectivity index (χ3v) is 17.4. The Balaban J connectivity index is 0.958. The predicted octanol–water partition coefficient (Wildman–Crippen LogP) is 7.94. The first-order valence-electron chi connectivity index (χ1n) is 19.6. The van der Waals surface area contributed by atoms with E-state index in [0.717, 1.165) is 36.5 Å². The smallest absolute Gasteiger partial charge is 0.167 e. The maximum absolute atomic E-state index is 11.1. The van der Waals surface area contributed by atoms with E-state index in [0.29, 0.717) is 55.9 Å². The molecule has 8 rings (SSSR count). The molecule has 3 heterocycles. The average molecular weight is 662 g/mol. The molecule has 5 saturated carbocycles. The first-order chi connectivity index (χ1) is 22.7. The van der Waals surface area contributed by atoms with Gasteiger partial charge in [0.15, 0.2) is 17.7 Å². The Morgan fingerprint density at radius 1 is 0.833 bits per heavy atom. The second-order valence-electron chi connectivity index (χ2n) is 19.5. The third kappa shape index (κ3) is 4.45. The zero-order valence-corrected chi connectivity index (χ0v) is 30.8. The van der Waals surface area contributed by atoms with Gasteiger partial charge in [0.05, 0.1) is 12.4 Å². The number of ether oxygens (including phenoxy) is 1. The molecule has 0 radical (unpaired) electrons. The molecule has 8 heteroatoms. The second kappa shape index (κ2) is 11.1. The van der Waals surface area contributed by atoms with Crippen LogP contribution in [0.3, 0.4) is 0 Å². The number of hydrogen-bond donors (Lipinski definition) is 3. The van der Waals surface area contributed by atoms with Gasteiger partial charge in [0.1, 0.15) is 24.1 Å². The van der Waals surface area contributed by atoms with Crippen LogP contribution in [0.25, 0.3) is 11.2 Å². The van der Waals surface area contributed by atoms with Crippen LogP contribution in [0, 0.1) is 62.6 Å². The summed E-state index contributed by atoms with van der Waals surface area (Å²) in [6, 6.07) is 0. The van der Waals surface area contributed by atoms with Crippen LogP contribution in [0.4, 0.5) is 5.82 Å². The van der Waals surface area contributed by atoms with Crippen LogP contribution in [0.1, 0.15) is 138 Å². The molecular formula is C40H63N5O3. The van der Waals surface area contributed by atoms with Gasteiger partial charge in [-0.1, -0.05) is 54.9 Å². The number of aromatic nitrogens is 4. The van der Waals surface area contributed by atoms with Crippen LogP contribution in [0.15, 0.2) is 12.7 Å². The zero-order chi connectivity index (χ0) is 34.0. The molecule has 1 aliphatic heterocycles. The first-order valence-corrected chi connectivity index (χ1v) is 19.6. The summed E-state index contributed by atoms with van der Waals surface area (Å²) in [6.07, 6.45) is 17.0. The minimum atomic E-state index is -1.06. The van der Waals surface area contributed by atoms with Gasteiger partial charge in [-0.2, -0.15) is 0 Å². The Labute approximate surface area is 288 Å². The number of aliphatic hydroxyl groups excluding tert-OH is 2. The van der Waals surface area contributed by atoms with Crippen molar-refractivity contribution in [3.05, 3.63) is 12.7 Å². The summed E-state index contributed by atoms with van der Waals surface area (Å²) in [7, 11) is 0. The third-order valence-electron chi connectivity index (χ3n) is 17.4. The molecule has 0 bridgehead atoms. The molecule has 0 amide bonds. The van der Waals surface area contributed by atoms with Crippen LogP contribution in [0.2, 0.25) is 0 Å². The molecule has 6 aliphatic rings. The molecule has 266 valence electrons. The monoisotopic (exact) mass is 661 g/mol. The van der Waals surface area contributed by atoms with E-state index in [1.807, 2.05) is 0 Å². The van der Waals surface area contributed by atoms with Gasteiger partial charge < -0.3 is 20.7 Å². The van der Waals surface area contributed by atoms with Crippen molar-refractivity contribution in [1.29, 1.82) is 0 Å². The lowest BCUT2D eigenvalue weighted by Crippen LogP contribution is -2.65. The lowest BCUT2D eigenvalue weighted by atomic mass is 9.32. The van der Waals surface area contributed by atoms with E-state index < -0.39 is 24.5 Å². The summed E-state index contributed by atoms with van der Waals surface area (Å²) in [6.45, 7) is 18.6. The van der Waals surface area contributed by atoms with Gasteiger partial charge in [-0.25, -0.2) is 15.0 Å². The van der Waals surface area contributed by atoms with Crippen molar-refractivity contribution >= 4 is 17.0 Å². The topological polar surface area (TPSA) is 119 Å². The fourth-order valence-electron chi connectivity index (χ4n) is 14.9. The number of anilines is 1. The van der Waals surface area contributed by atoms with E-state index >= 15 is 0 Å². The fourth-order valence-corrected chi connectivity index (χ4v) is 14.9. The Morgan fingerprint density at radius 2 is 1.54 bits per heavy atom. The number of aliphatic hydroxyl groups is 2. The molecule has 5 aliphatic carbocycles. The van der Waals surface area contributed by atoms with Crippen molar-refractivity contribution in [2.75, 3.05) is 5.73 Å². The highest BCUT2D eigenvalue weighted by Gasteiger charge is 2.70. The lowest BCUT2D eigenvalue weighted by molar-refractivity contribution is -0.241. The standard InChI is InChI=1S/C40H63N5O3/c1-23(9-10-26-31(46)32(47)35(48-26)45-22-44-30-33(41)42-21-43-34(30)45)24-13-18-37(4)25(24)14-19-39(6)28(37)11-12-29-38(5)17-8-16-36(2,3)27(38)15-20-40(29,39)7/h21-29,31-32,35,46-47H,8-20H2,1-7H3,(H2,41,42,43). The highest BCUT2D eigenvalue weighted by Crippen LogP contribution is 2.78. The van der Waals surface area contributed by atoms with E-state index in [1.54, 1.807) is 10.9 Å². The Kier molecular flexibility index (Phi) is 7.73. The summed E-state index contributed by atoms with van der Waals surface area (Å²) in [5.74, 6) is 4.91. The van der Waals surface area contributed by atoms with Crippen LogP contribution >= 0.6 is 0 Å². The van der Waals surface area contributed by atoms with Gasteiger partial charge in [-0.15, -0.1) is 0 Å². The molecule has 0 aromatic carbocycles. The van der Waals surface area contributed by atoms with Crippen LogP contribution in [-0.2, 0) is 4.74 Å². The van der Waals surface area contributed by atoms with Crippen molar-refractivity contribution in [1.82, 2.24) is 19.5 Å². The minimum Gasteiger partial charge on any atom is -0.388 e. The van der Waals surface area contributed by atoms with Crippen molar-refractivity contribution in [3.63, 3.8) is 0 Å². The van der Waals surface area contributed by atoms with Crippen molar-refractivity contribution in [2.24, 2.45) is 62.6 Å². The summed E-state index contributed by atoms with van der Waals surface area (Å²) in [5, 5.41) is 22.1.